The Kier molecular flexibility index (Phi) is 7.61. The van der Waals surface area contributed by atoms with Crippen LogP contribution in [0, 0.1) is 5.82 Å². The number of rotatable bonds is 8. The van der Waals surface area contributed by atoms with E-state index >= 15 is 0 Å². The molecule has 5 nitrogen and oxygen atoms in total. The molecule has 0 radical (unpaired) electrons. The van der Waals surface area contributed by atoms with Gasteiger partial charge in [0.25, 0.3) is 0 Å². The quantitative estimate of drug-likeness (QED) is 0.746. The average molecular weight is 393 g/mol. The molecule has 2 aromatic carbocycles. The predicted octanol–water partition coefficient (Wildman–Crippen LogP) is 3.59. The summed E-state index contributed by atoms with van der Waals surface area (Å²) in [5.41, 5.74) is 1.46. The number of carbonyl (C=O) groups excluding carboxylic acids is 2. The summed E-state index contributed by atoms with van der Waals surface area (Å²) < 4.78 is 18.2. The molecule has 0 heterocycles. The van der Waals surface area contributed by atoms with Gasteiger partial charge in [0.05, 0.1) is 12.8 Å². The summed E-state index contributed by atoms with van der Waals surface area (Å²) in [6.07, 6.45) is 0.739. The Bertz CT molecular complexity index is 796. The third kappa shape index (κ3) is 6.25. The fourth-order valence-corrected chi connectivity index (χ4v) is 2.79. The molecule has 0 fully saturated rings. The van der Waals surface area contributed by atoms with Crippen molar-refractivity contribution in [3.05, 3.63) is 58.9 Å². The smallest absolute Gasteiger partial charge is 0.223 e. The van der Waals surface area contributed by atoms with Gasteiger partial charge in [-0.2, -0.15) is 0 Å². The van der Waals surface area contributed by atoms with Gasteiger partial charge in [0, 0.05) is 31.5 Å². The molecule has 0 spiro atoms. The normalized spacial score (nSPS) is 10.4. The number of nitrogens with zero attached hydrogens (tertiary/aromatic N) is 1. The molecule has 0 bridgehead atoms. The van der Waals surface area contributed by atoms with Gasteiger partial charge in [0.2, 0.25) is 11.8 Å². The molecule has 1 N–H and O–H groups in total. The Morgan fingerprint density at radius 3 is 2.52 bits per heavy atom. The first-order chi connectivity index (χ1) is 12.9. The molecule has 0 atom stereocenters. The van der Waals surface area contributed by atoms with Crippen LogP contribution in [0.1, 0.15) is 18.9 Å². The van der Waals surface area contributed by atoms with Gasteiger partial charge in [0.15, 0.2) is 0 Å². The zero-order valence-electron chi connectivity index (χ0n) is 15.3. The monoisotopic (exact) mass is 392 g/mol. The van der Waals surface area contributed by atoms with Crippen molar-refractivity contribution >= 4 is 29.1 Å². The third-order valence-electron chi connectivity index (χ3n) is 4.02. The van der Waals surface area contributed by atoms with Crippen molar-refractivity contribution < 1.29 is 18.7 Å². The van der Waals surface area contributed by atoms with Crippen LogP contribution in [0.3, 0.4) is 0 Å². The number of halogens is 2. The van der Waals surface area contributed by atoms with Crippen molar-refractivity contribution in [2.45, 2.75) is 19.8 Å². The number of anilines is 1. The lowest BCUT2D eigenvalue weighted by molar-refractivity contribution is -0.121. The number of hydrogen-bond acceptors (Lipinski definition) is 3. The third-order valence-corrected chi connectivity index (χ3v) is 4.26. The van der Waals surface area contributed by atoms with E-state index in [0.717, 1.165) is 5.56 Å². The van der Waals surface area contributed by atoms with Crippen LogP contribution in [0.4, 0.5) is 10.1 Å². The van der Waals surface area contributed by atoms with Gasteiger partial charge >= 0.3 is 0 Å². The van der Waals surface area contributed by atoms with Crippen LogP contribution in [0.2, 0.25) is 5.02 Å². The zero-order chi connectivity index (χ0) is 19.8. The van der Waals surface area contributed by atoms with Crippen LogP contribution >= 0.6 is 11.6 Å². The van der Waals surface area contributed by atoms with E-state index < -0.39 is 0 Å². The van der Waals surface area contributed by atoms with E-state index in [4.69, 9.17) is 16.3 Å². The fraction of sp³-hybridized carbons (Fsp3) is 0.300. The molecule has 0 aliphatic rings. The highest BCUT2D eigenvalue weighted by Gasteiger charge is 2.18. The Labute approximate surface area is 163 Å². The van der Waals surface area contributed by atoms with Crippen molar-refractivity contribution in [2.24, 2.45) is 0 Å². The molecule has 2 aromatic rings. The number of methoxy groups -OCH3 is 1. The van der Waals surface area contributed by atoms with Crippen LogP contribution in [0.25, 0.3) is 0 Å². The van der Waals surface area contributed by atoms with Gasteiger partial charge < -0.3 is 15.0 Å². The van der Waals surface area contributed by atoms with Crippen LogP contribution in [0.15, 0.2) is 42.5 Å². The largest absolute Gasteiger partial charge is 0.495 e. The summed E-state index contributed by atoms with van der Waals surface area (Å²) in [7, 11) is 1.51. The van der Waals surface area contributed by atoms with Crippen LogP contribution in [-0.4, -0.2) is 32.0 Å². The first-order valence-electron chi connectivity index (χ1n) is 8.53. The minimum Gasteiger partial charge on any atom is -0.495 e. The summed E-state index contributed by atoms with van der Waals surface area (Å²) in [5, 5.41) is 3.28. The molecule has 144 valence electrons. The van der Waals surface area contributed by atoms with E-state index in [9.17, 15) is 14.0 Å². The SMILES string of the molecule is COc1ccc(Cl)cc1N(CCC(=O)NCCc1ccc(F)cc1)C(C)=O. The first-order valence-corrected chi connectivity index (χ1v) is 8.91. The fourth-order valence-electron chi connectivity index (χ4n) is 2.62. The van der Waals surface area contributed by atoms with Crippen molar-refractivity contribution in [3.63, 3.8) is 0 Å². The Balaban J connectivity index is 1.90. The van der Waals surface area contributed by atoms with Gasteiger partial charge in [-0.3, -0.25) is 9.59 Å². The molecule has 0 aliphatic heterocycles. The minimum absolute atomic E-state index is 0.138. The van der Waals surface area contributed by atoms with Gasteiger partial charge in [-0.1, -0.05) is 23.7 Å². The molecular weight excluding hydrogens is 371 g/mol. The number of amides is 2. The average Bonchev–Trinajstić information content (AvgIpc) is 2.63. The Hall–Kier alpha value is -2.60. The minimum atomic E-state index is -0.288. The zero-order valence-corrected chi connectivity index (χ0v) is 16.1. The summed E-state index contributed by atoms with van der Waals surface area (Å²) in [4.78, 5) is 25.6. The standard InChI is InChI=1S/C20H22ClFN2O3/c1-14(25)24(18-13-16(21)5-8-19(18)27-2)12-10-20(26)23-11-9-15-3-6-17(22)7-4-15/h3-8,13H,9-12H2,1-2H3,(H,23,26). The number of carbonyl (C=O) groups is 2. The lowest BCUT2D eigenvalue weighted by Gasteiger charge is -2.23. The number of ether oxygens (including phenoxy) is 1. The highest BCUT2D eigenvalue weighted by Crippen LogP contribution is 2.31. The molecule has 27 heavy (non-hydrogen) atoms. The summed E-state index contributed by atoms with van der Waals surface area (Å²) in [6, 6.07) is 11.1. The van der Waals surface area contributed by atoms with Crippen molar-refractivity contribution in [1.29, 1.82) is 0 Å². The number of hydrogen-bond donors (Lipinski definition) is 1. The highest BCUT2D eigenvalue weighted by molar-refractivity contribution is 6.31. The first kappa shape index (κ1) is 20.7. The van der Waals surface area contributed by atoms with Crippen LogP contribution < -0.4 is 15.0 Å². The van der Waals surface area contributed by atoms with Gasteiger partial charge in [0.1, 0.15) is 11.6 Å². The Morgan fingerprint density at radius 1 is 1.19 bits per heavy atom. The van der Waals surface area contributed by atoms with E-state index in [2.05, 4.69) is 5.32 Å². The predicted molar refractivity (Wildman–Crippen MR) is 104 cm³/mol. The van der Waals surface area contributed by atoms with Crippen molar-refractivity contribution in [3.8, 4) is 5.75 Å². The highest BCUT2D eigenvalue weighted by atomic mass is 35.5. The number of nitrogens with one attached hydrogen (secondary N) is 1. The molecule has 2 rings (SSSR count). The second-order valence-electron chi connectivity index (χ2n) is 5.96. The molecule has 7 heteroatoms. The molecular formula is C20H22ClFN2O3. The molecule has 2 amide bonds. The van der Waals surface area contributed by atoms with E-state index in [1.54, 1.807) is 30.3 Å². The lowest BCUT2D eigenvalue weighted by Crippen LogP contribution is -2.34. The second kappa shape index (κ2) is 9.92. The molecule has 0 aromatic heterocycles. The van der Waals surface area contributed by atoms with Crippen LogP contribution in [-0.2, 0) is 16.0 Å². The maximum Gasteiger partial charge on any atom is 0.223 e. The maximum absolute atomic E-state index is 12.9. The second-order valence-corrected chi connectivity index (χ2v) is 6.40. The molecule has 0 saturated carbocycles. The van der Waals surface area contributed by atoms with E-state index in [-0.39, 0.29) is 30.6 Å². The summed E-state index contributed by atoms with van der Waals surface area (Å²) in [5.74, 6) is -0.172. The topological polar surface area (TPSA) is 58.6 Å². The van der Waals surface area contributed by atoms with Crippen molar-refractivity contribution in [1.82, 2.24) is 5.32 Å². The summed E-state index contributed by atoms with van der Waals surface area (Å²) >= 11 is 6.03. The molecule has 0 aliphatic carbocycles. The van der Waals surface area contributed by atoms with Gasteiger partial charge in [-0.25, -0.2) is 4.39 Å². The van der Waals surface area contributed by atoms with E-state index in [1.807, 2.05) is 0 Å². The van der Waals surface area contributed by atoms with Gasteiger partial charge in [-0.05, 0) is 42.3 Å². The van der Waals surface area contributed by atoms with Crippen LogP contribution in [0.5, 0.6) is 5.75 Å². The lowest BCUT2D eigenvalue weighted by atomic mass is 10.1. The van der Waals surface area contributed by atoms with E-state index in [1.165, 1.54) is 31.1 Å². The molecule has 0 unspecified atom stereocenters. The van der Waals surface area contributed by atoms with Crippen molar-refractivity contribution in [2.75, 3.05) is 25.1 Å². The number of benzene rings is 2. The summed E-state index contributed by atoms with van der Waals surface area (Å²) in [6.45, 7) is 2.06. The molecule has 0 saturated heterocycles. The maximum atomic E-state index is 12.9. The van der Waals surface area contributed by atoms with E-state index in [0.29, 0.717) is 29.4 Å². The Morgan fingerprint density at radius 2 is 1.89 bits per heavy atom. The van der Waals surface area contributed by atoms with Gasteiger partial charge in [-0.15, -0.1) is 0 Å².